The summed E-state index contributed by atoms with van der Waals surface area (Å²) >= 11 is 22.8. The molecule has 0 saturated heterocycles. The molecule has 11 rings (SSSR count). The molecule has 8 heterocycles. The predicted octanol–water partition coefficient (Wildman–Crippen LogP) is 9.44. The van der Waals surface area contributed by atoms with Crippen LogP contribution < -0.4 is 16.0 Å². The van der Waals surface area contributed by atoms with Gasteiger partial charge in [0.1, 0.15) is 0 Å². The van der Waals surface area contributed by atoms with E-state index in [-0.39, 0.29) is 0 Å². The molecule has 0 bridgehead atoms. The van der Waals surface area contributed by atoms with E-state index in [0.717, 1.165) is 65.4 Å². The molecule has 1 spiro atoms. The molecule has 0 aliphatic carbocycles. The van der Waals surface area contributed by atoms with E-state index in [1.165, 1.54) is 49.8 Å². The molecule has 4 aliphatic rings. The molecule has 4 aliphatic heterocycles. The van der Waals surface area contributed by atoms with Crippen LogP contribution in [0.5, 0.6) is 0 Å². The molecule has 4 aromatic heterocycles. The van der Waals surface area contributed by atoms with Gasteiger partial charge < -0.3 is 0 Å². The van der Waals surface area contributed by atoms with Gasteiger partial charge in [0.05, 0.1) is 0 Å². The van der Waals surface area contributed by atoms with Gasteiger partial charge in [-0.3, -0.25) is 0 Å². The van der Waals surface area contributed by atoms with Gasteiger partial charge in [-0.15, -0.1) is 0 Å². The van der Waals surface area contributed by atoms with Gasteiger partial charge in [0.25, 0.3) is 0 Å². The van der Waals surface area contributed by atoms with Crippen molar-refractivity contribution in [2.75, 3.05) is 0 Å². The van der Waals surface area contributed by atoms with E-state index in [1.54, 1.807) is 0 Å². The molecule has 0 saturated carbocycles. The molecule has 0 unspecified atom stereocenters. The van der Waals surface area contributed by atoms with E-state index < -0.39 is 7.21 Å². The summed E-state index contributed by atoms with van der Waals surface area (Å²) in [7, 11) is -4.04. The summed E-state index contributed by atoms with van der Waals surface area (Å²) in [5, 5.41) is 7.74. The summed E-state index contributed by atoms with van der Waals surface area (Å²) in [5.41, 5.74) is 16.1. The van der Waals surface area contributed by atoms with Crippen molar-refractivity contribution in [3.63, 3.8) is 0 Å². The van der Waals surface area contributed by atoms with Crippen LogP contribution in [0.1, 0.15) is 55.9 Å². The quantitative estimate of drug-likeness (QED) is 0.162. The Morgan fingerprint density at radius 2 is 0.960 bits per heavy atom. The standard InChI is InChI=1S/C42H32Cl3N4P/c1-21-14-23(3)36(24(4)15-21)38-32-13-12-31-33-18-29(44)41-39(37-25(5)16-22(2)17-26(37)6)42-30(45)20-35-34-19-28(43)40(38)48(34)50(46(31)32,47(33)41,49(35)42)27-10-8-7-9-11-27/h7-20H,1-6H3. The van der Waals surface area contributed by atoms with Crippen LogP contribution in [0, 0.1) is 52.2 Å². The average molecular weight is 730 g/mol. The fourth-order valence-electron chi connectivity index (χ4n) is 10.6. The zero-order chi connectivity index (χ0) is 34.4. The van der Waals surface area contributed by atoms with Gasteiger partial charge in [0.2, 0.25) is 0 Å². The maximum atomic E-state index is 7.59. The summed E-state index contributed by atoms with van der Waals surface area (Å²) in [6, 6.07) is 31.3. The molecular weight excluding hydrogens is 698 g/mol. The van der Waals surface area contributed by atoms with E-state index in [9.17, 15) is 0 Å². The van der Waals surface area contributed by atoms with E-state index in [0.29, 0.717) is 5.02 Å². The van der Waals surface area contributed by atoms with E-state index in [4.69, 9.17) is 34.8 Å². The van der Waals surface area contributed by atoms with Crippen molar-refractivity contribution in [2.45, 2.75) is 41.5 Å². The third kappa shape index (κ3) is 2.82. The number of hydrogen-bond donors (Lipinski definition) is 0. The topological polar surface area (TPSA) is 19.7 Å². The van der Waals surface area contributed by atoms with Crippen LogP contribution in [0.4, 0.5) is 0 Å². The fourth-order valence-corrected chi connectivity index (χ4v) is 18.8. The summed E-state index contributed by atoms with van der Waals surface area (Å²) in [5.74, 6) is 0. The Morgan fingerprint density at radius 1 is 0.460 bits per heavy atom. The molecule has 0 fully saturated rings. The fraction of sp³-hybridized carbons (Fsp3) is 0.143. The number of nitrogens with zero attached hydrogens (tertiary/aromatic N) is 4. The molecule has 0 radical (unpaired) electrons. The number of aromatic nitrogens is 4. The number of benzene rings is 3. The predicted molar refractivity (Wildman–Crippen MR) is 208 cm³/mol. The zero-order valence-electron chi connectivity index (χ0n) is 28.5. The number of aryl methyl sites for hydroxylation is 6. The normalized spacial score (nSPS) is 16.9. The van der Waals surface area contributed by atoms with Crippen molar-refractivity contribution >= 4 is 58.5 Å². The Bertz CT molecular complexity index is 3000. The monoisotopic (exact) mass is 728 g/mol. The summed E-state index contributed by atoms with van der Waals surface area (Å²) in [6.45, 7) is 13.2. The number of rotatable bonds is 3. The van der Waals surface area contributed by atoms with Crippen molar-refractivity contribution in [1.29, 1.82) is 0 Å². The first-order chi connectivity index (χ1) is 24.0. The molecular formula is C42H32Cl3N4P. The Morgan fingerprint density at radius 3 is 1.52 bits per heavy atom. The van der Waals surface area contributed by atoms with Crippen molar-refractivity contribution < 1.29 is 0 Å². The van der Waals surface area contributed by atoms with Crippen molar-refractivity contribution in [3.05, 3.63) is 177 Å². The molecule has 8 heteroatoms. The van der Waals surface area contributed by atoms with Gasteiger partial charge in [0, 0.05) is 0 Å². The van der Waals surface area contributed by atoms with E-state index in [2.05, 4.69) is 144 Å². The van der Waals surface area contributed by atoms with Crippen LogP contribution >= 0.6 is 42.0 Å². The molecule has 3 aromatic carbocycles. The molecule has 0 N–H and O–H groups in total. The Labute approximate surface area is 304 Å². The van der Waals surface area contributed by atoms with Crippen LogP contribution in [-0.2, 0) is 0 Å². The third-order valence-corrected chi connectivity index (χ3v) is 18.4. The number of halogens is 3. The van der Waals surface area contributed by atoms with Gasteiger partial charge in [-0.2, -0.15) is 0 Å². The SMILES string of the molecule is Cc1cc(C)c(C2=c3ccc4n3P35(c6ccccc6)n6c(cc(Cl)c62)-c2cc(Cl)c(n23)C(c2c(C)cc(C)cc2C)=c2c(Cl)cc=4n25)c(C)c1. The minimum absolute atomic E-state index is 0.710. The van der Waals surface area contributed by atoms with Gasteiger partial charge in [0.15, 0.2) is 0 Å². The second-order valence-corrected chi connectivity index (χ2v) is 19.8. The van der Waals surface area contributed by atoms with Crippen LogP contribution in [-0.4, -0.2) is 17.4 Å². The van der Waals surface area contributed by atoms with Crippen LogP contribution in [0.25, 0.3) is 22.5 Å². The molecule has 4 nitrogen and oxygen atoms in total. The van der Waals surface area contributed by atoms with Crippen molar-refractivity contribution in [2.24, 2.45) is 0 Å². The Kier molecular flexibility index (Phi) is 5.31. The first kappa shape index (κ1) is 29.5. The second-order valence-electron chi connectivity index (χ2n) is 14.6. The van der Waals surface area contributed by atoms with Crippen LogP contribution in [0.3, 0.4) is 0 Å². The molecule has 0 atom stereocenters. The summed E-state index contributed by atoms with van der Waals surface area (Å²) in [4.78, 5) is 0. The van der Waals surface area contributed by atoms with Crippen LogP contribution in [0.2, 0.25) is 15.1 Å². The molecule has 50 heavy (non-hydrogen) atoms. The summed E-state index contributed by atoms with van der Waals surface area (Å²) in [6.07, 6.45) is 0. The van der Waals surface area contributed by atoms with Crippen molar-refractivity contribution in [1.82, 2.24) is 17.4 Å². The average Bonchev–Trinajstić information content (AvgIpc) is 3.88. The maximum absolute atomic E-state index is 7.59. The second kappa shape index (κ2) is 8.99. The van der Waals surface area contributed by atoms with Crippen molar-refractivity contribution in [3.8, 4) is 11.4 Å². The van der Waals surface area contributed by atoms with Gasteiger partial charge in [-0.25, -0.2) is 0 Å². The zero-order valence-corrected chi connectivity index (χ0v) is 31.6. The van der Waals surface area contributed by atoms with E-state index in [1.807, 2.05) is 0 Å². The first-order valence-corrected chi connectivity index (χ1v) is 20.2. The minimum atomic E-state index is -4.04. The first-order valence-electron chi connectivity index (χ1n) is 17.0. The summed E-state index contributed by atoms with van der Waals surface area (Å²) < 4.78 is 10.6. The van der Waals surface area contributed by atoms with E-state index >= 15 is 0 Å². The number of hydrogen-bond acceptors (Lipinski definition) is 0. The third-order valence-electron chi connectivity index (χ3n) is 11.7. The van der Waals surface area contributed by atoms with Gasteiger partial charge >= 0.3 is 306 Å². The van der Waals surface area contributed by atoms with Gasteiger partial charge in [-0.1, -0.05) is 0 Å². The molecule has 7 aromatic rings. The van der Waals surface area contributed by atoms with Crippen LogP contribution in [0.15, 0.2) is 84.9 Å². The number of fused-ring (bicyclic) bond motifs is 1. The Balaban J connectivity index is 1.52. The van der Waals surface area contributed by atoms with Gasteiger partial charge in [-0.05, 0) is 0 Å². The molecule has 246 valence electrons. The molecule has 0 amide bonds. The Hall–Kier alpha value is -4.18.